The summed E-state index contributed by atoms with van der Waals surface area (Å²) in [7, 11) is 3.15. The van der Waals surface area contributed by atoms with E-state index in [0.29, 0.717) is 23.1 Å². The van der Waals surface area contributed by atoms with Gasteiger partial charge in [0.15, 0.2) is 16.6 Å². The minimum Gasteiger partial charge on any atom is -0.493 e. The summed E-state index contributed by atoms with van der Waals surface area (Å²) >= 11 is 2.99. The number of amides is 1. The van der Waals surface area contributed by atoms with Crippen molar-refractivity contribution in [1.29, 1.82) is 0 Å². The number of nitrogens with one attached hydrogen (secondary N) is 1. The molecule has 1 heterocycles. The van der Waals surface area contributed by atoms with Crippen molar-refractivity contribution < 1.29 is 18.7 Å². The van der Waals surface area contributed by atoms with Crippen molar-refractivity contribution in [3.05, 3.63) is 42.2 Å². The average Bonchev–Trinajstić information content (AvgIpc) is 3.06. The van der Waals surface area contributed by atoms with Crippen LogP contribution in [0.5, 0.6) is 11.5 Å². The van der Waals surface area contributed by atoms with Gasteiger partial charge in [-0.3, -0.25) is 4.79 Å². The van der Waals surface area contributed by atoms with E-state index in [1.54, 1.807) is 44.2 Å². The Kier molecular flexibility index (Phi) is 6.52. The van der Waals surface area contributed by atoms with Crippen LogP contribution in [-0.4, -0.2) is 30.9 Å². The van der Waals surface area contributed by atoms with Gasteiger partial charge in [-0.05, 0) is 36.4 Å². The molecule has 0 aliphatic heterocycles. The molecule has 0 unspecified atom stereocenters. The monoisotopic (exact) mass is 406 g/mol. The van der Waals surface area contributed by atoms with Gasteiger partial charge >= 0.3 is 0 Å². The lowest BCUT2D eigenvalue weighted by Crippen LogP contribution is -2.11. The van der Waals surface area contributed by atoms with Gasteiger partial charge in [0.25, 0.3) is 0 Å². The molecule has 1 aromatic heterocycles. The van der Waals surface area contributed by atoms with Crippen LogP contribution in [0.4, 0.5) is 9.52 Å². The highest BCUT2D eigenvalue weighted by atomic mass is 32.2. The quantitative estimate of drug-likeness (QED) is 0.423. The standard InChI is InChI=1S/C19H19FN2O3S2/c1-24-15-10-14-17(11-16(15)25-2)27-19(21-14)22-18(23)4-3-9-26-13-7-5-12(20)6-8-13/h5-8,10-11H,3-4,9H2,1-2H3,(H,21,22,23). The Labute approximate surface area is 164 Å². The number of halogens is 1. The van der Waals surface area contributed by atoms with Crippen LogP contribution >= 0.6 is 23.1 Å². The number of thioether (sulfide) groups is 1. The van der Waals surface area contributed by atoms with Crippen LogP contribution < -0.4 is 14.8 Å². The lowest BCUT2D eigenvalue weighted by atomic mass is 10.3. The summed E-state index contributed by atoms with van der Waals surface area (Å²) in [5.41, 5.74) is 0.750. The van der Waals surface area contributed by atoms with Crippen LogP contribution in [0.3, 0.4) is 0 Å². The summed E-state index contributed by atoms with van der Waals surface area (Å²) in [4.78, 5) is 17.6. The zero-order valence-electron chi connectivity index (χ0n) is 15.0. The zero-order valence-corrected chi connectivity index (χ0v) is 16.6. The maximum atomic E-state index is 12.9. The number of aromatic nitrogens is 1. The predicted molar refractivity (Wildman–Crippen MR) is 108 cm³/mol. The third-order valence-electron chi connectivity index (χ3n) is 3.77. The molecule has 0 saturated heterocycles. The van der Waals surface area contributed by atoms with Gasteiger partial charge < -0.3 is 14.8 Å². The van der Waals surface area contributed by atoms with E-state index in [1.165, 1.54) is 23.5 Å². The predicted octanol–water partition coefficient (Wildman–Crippen LogP) is 4.96. The number of benzene rings is 2. The SMILES string of the molecule is COc1cc2nc(NC(=O)CCCSc3ccc(F)cc3)sc2cc1OC. The summed E-state index contributed by atoms with van der Waals surface area (Å²) in [6.07, 6.45) is 1.12. The fourth-order valence-electron chi connectivity index (χ4n) is 2.44. The summed E-state index contributed by atoms with van der Waals surface area (Å²) in [6.45, 7) is 0. The van der Waals surface area contributed by atoms with Crippen LogP contribution in [0.2, 0.25) is 0 Å². The molecular formula is C19H19FN2O3S2. The Balaban J connectivity index is 1.52. The Bertz CT molecular complexity index is 888. The number of hydrogen-bond acceptors (Lipinski definition) is 6. The van der Waals surface area contributed by atoms with Gasteiger partial charge in [-0.15, -0.1) is 11.8 Å². The first kappa shape index (κ1) is 19.4. The van der Waals surface area contributed by atoms with Gasteiger partial charge in [-0.1, -0.05) is 11.3 Å². The van der Waals surface area contributed by atoms with E-state index in [1.807, 2.05) is 6.07 Å². The highest BCUT2D eigenvalue weighted by molar-refractivity contribution is 7.99. The molecular weight excluding hydrogens is 387 g/mol. The molecule has 2 aromatic carbocycles. The Hall–Kier alpha value is -2.32. The molecule has 0 aliphatic carbocycles. The van der Waals surface area contributed by atoms with Gasteiger partial charge in [0.05, 0.1) is 24.4 Å². The molecule has 142 valence electrons. The van der Waals surface area contributed by atoms with Crippen LogP contribution in [0.15, 0.2) is 41.3 Å². The highest BCUT2D eigenvalue weighted by Gasteiger charge is 2.12. The molecule has 0 atom stereocenters. The van der Waals surface area contributed by atoms with Crippen molar-refractivity contribution in [3.8, 4) is 11.5 Å². The second-order valence-corrected chi connectivity index (χ2v) is 7.85. The lowest BCUT2D eigenvalue weighted by molar-refractivity contribution is -0.116. The van der Waals surface area contributed by atoms with Crippen LogP contribution in [0.1, 0.15) is 12.8 Å². The normalized spacial score (nSPS) is 10.8. The summed E-state index contributed by atoms with van der Waals surface area (Å²) in [5, 5.41) is 3.39. The number of thiazole rings is 1. The first-order valence-corrected chi connectivity index (χ1v) is 10.1. The van der Waals surface area contributed by atoms with E-state index in [0.717, 1.165) is 27.3 Å². The van der Waals surface area contributed by atoms with Gasteiger partial charge in [0.1, 0.15) is 5.82 Å². The first-order valence-electron chi connectivity index (χ1n) is 8.30. The van der Waals surface area contributed by atoms with Crippen LogP contribution in [0, 0.1) is 5.82 Å². The first-order chi connectivity index (χ1) is 13.1. The van der Waals surface area contributed by atoms with Gasteiger partial charge in [-0.25, -0.2) is 9.37 Å². The molecule has 0 bridgehead atoms. The average molecular weight is 407 g/mol. The molecule has 0 saturated carbocycles. The molecule has 0 spiro atoms. The van der Waals surface area contributed by atoms with E-state index in [9.17, 15) is 9.18 Å². The van der Waals surface area contributed by atoms with Crippen molar-refractivity contribution in [1.82, 2.24) is 4.98 Å². The third-order valence-corrected chi connectivity index (χ3v) is 5.80. The Morgan fingerprint density at radius 3 is 2.59 bits per heavy atom. The highest BCUT2D eigenvalue weighted by Crippen LogP contribution is 2.36. The fourth-order valence-corrected chi connectivity index (χ4v) is 4.19. The fraction of sp³-hybridized carbons (Fsp3) is 0.263. The minimum atomic E-state index is -0.246. The topological polar surface area (TPSA) is 60.5 Å². The molecule has 27 heavy (non-hydrogen) atoms. The lowest BCUT2D eigenvalue weighted by Gasteiger charge is -2.05. The molecule has 0 aliphatic rings. The van der Waals surface area contributed by atoms with E-state index in [2.05, 4.69) is 10.3 Å². The number of hydrogen-bond donors (Lipinski definition) is 1. The molecule has 0 fully saturated rings. The van der Waals surface area contributed by atoms with Gasteiger partial charge in [0, 0.05) is 23.4 Å². The number of nitrogens with zero attached hydrogens (tertiary/aromatic N) is 1. The third kappa shape index (κ3) is 5.11. The number of ether oxygens (including phenoxy) is 2. The van der Waals surface area contributed by atoms with Crippen molar-refractivity contribution in [2.75, 3.05) is 25.3 Å². The van der Waals surface area contributed by atoms with Crippen molar-refractivity contribution >= 4 is 44.4 Å². The summed E-state index contributed by atoms with van der Waals surface area (Å²) in [5.74, 6) is 1.70. The number of anilines is 1. The van der Waals surface area contributed by atoms with Crippen molar-refractivity contribution in [2.24, 2.45) is 0 Å². The summed E-state index contributed by atoms with van der Waals surface area (Å²) < 4.78 is 24.3. The van der Waals surface area contributed by atoms with Gasteiger partial charge in [-0.2, -0.15) is 0 Å². The molecule has 0 radical (unpaired) electrons. The Morgan fingerprint density at radius 2 is 1.89 bits per heavy atom. The number of methoxy groups -OCH3 is 2. The van der Waals surface area contributed by atoms with Crippen LogP contribution in [0.25, 0.3) is 10.2 Å². The maximum Gasteiger partial charge on any atom is 0.226 e. The van der Waals surface area contributed by atoms with E-state index >= 15 is 0 Å². The second kappa shape index (κ2) is 9.05. The largest absolute Gasteiger partial charge is 0.493 e. The van der Waals surface area contributed by atoms with Crippen molar-refractivity contribution in [3.63, 3.8) is 0 Å². The zero-order chi connectivity index (χ0) is 19.2. The number of carbonyl (C=O) groups is 1. The molecule has 1 amide bonds. The maximum absolute atomic E-state index is 12.9. The number of rotatable bonds is 8. The number of carbonyl (C=O) groups excluding carboxylic acids is 1. The van der Waals surface area contributed by atoms with E-state index in [-0.39, 0.29) is 11.7 Å². The molecule has 3 aromatic rings. The van der Waals surface area contributed by atoms with Crippen LogP contribution in [-0.2, 0) is 4.79 Å². The molecule has 8 heteroatoms. The summed E-state index contributed by atoms with van der Waals surface area (Å²) in [6, 6.07) is 9.99. The molecule has 1 N–H and O–H groups in total. The second-order valence-electron chi connectivity index (χ2n) is 5.65. The van der Waals surface area contributed by atoms with E-state index < -0.39 is 0 Å². The number of fused-ring (bicyclic) bond motifs is 1. The molecule has 3 rings (SSSR count). The minimum absolute atomic E-state index is 0.0762. The smallest absolute Gasteiger partial charge is 0.226 e. The van der Waals surface area contributed by atoms with Gasteiger partial charge in [0.2, 0.25) is 5.91 Å². The Morgan fingerprint density at radius 1 is 1.19 bits per heavy atom. The molecule has 5 nitrogen and oxygen atoms in total. The van der Waals surface area contributed by atoms with E-state index in [4.69, 9.17) is 9.47 Å². The van der Waals surface area contributed by atoms with Crippen molar-refractivity contribution in [2.45, 2.75) is 17.7 Å².